The lowest BCUT2D eigenvalue weighted by Crippen LogP contribution is -2.37. The molecular formula is C16H13N3O6S. The first-order valence-electron chi connectivity index (χ1n) is 7.31. The number of sulfonamides is 1. The number of para-hydroxylation sites is 1. The van der Waals surface area contributed by atoms with Crippen molar-refractivity contribution in [3.8, 4) is 0 Å². The molecule has 1 amide bonds. The summed E-state index contributed by atoms with van der Waals surface area (Å²) in [7, 11) is -2.99. The number of benzene rings is 2. The molecule has 0 bridgehead atoms. The van der Waals surface area contributed by atoms with Gasteiger partial charge in [-0.1, -0.05) is 12.1 Å². The van der Waals surface area contributed by atoms with E-state index in [2.05, 4.69) is 5.32 Å². The zero-order chi connectivity index (χ0) is 19.1. The van der Waals surface area contributed by atoms with Crippen molar-refractivity contribution in [2.45, 2.75) is 0 Å². The molecule has 9 nitrogen and oxygen atoms in total. The third kappa shape index (κ3) is 2.75. The Morgan fingerprint density at radius 3 is 2.38 bits per heavy atom. The van der Waals surface area contributed by atoms with E-state index in [0.29, 0.717) is 0 Å². The number of amides is 1. The van der Waals surface area contributed by atoms with Crippen LogP contribution in [0.2, 0.25) is 0 Å². The number of nitrogens with zero attached hydrogens (tertiary/aromatic N) is 2. The number of non-ortho nitro benzene ring substituents is 1. The van der Waals surface area contributed by atoms with Gasteiger partial charge in [0.1, 0.15) is 0 Å². The molecule has 0 fully saturated rings. The van der Waals surface area contributed by atoms with E-state index < -0.39 is 31.5 Å². The lowest BCUT2D eigenvalue weighted by atomic mass is 10.1. The summed E-state index contributed by atoms with van der Waals surface area (Å²) < 4.78 is 26.1. The predicted molar refractivity (Wildman–Crippen MR) is 95.0 cm³/mol. The van der Waals surface area contributed by atoms with Crippen LogP contribution in [0.5, 0.6) is 0 Å². The number of anilines is 2. The number of fused-ring (bicyclic) bond motifs is 1. The minimum Gasteiger partial charge on any atom is -0.506 e. The number of carbonyl (C=O) groups is 1. The van der Waals surface area contributed by atoms with Crippen molar-refractivity contribution in [3.05, 3.63) is 69.1 Å². The molecule has 2 N–H and O–H groups in total. The van der Waals surface area contributed by atoms with Crippen molar-refractivity contribution in [1.29, 1.82) is 0 Å². The zero-order valence-corrected chi connectivity index (χ0v) is 14.2. The average molecular weight is 375 g/mol. The second-order valence-electron chi connectivity index (χ2n) is 5.43. The molecule has 1 aliphatic rings. The highest BCUT2D eigenvalue weighted by Gasteiger charge is 2.39. The second-order valence-corrected chi connectivity index (χ2v) is 7.33. The highest BCUT2D eigenvalue weighted by molar-refractivity contribution is 7.97. The van der Waals surface area contributed by atoms with E-state index in [1.807, 2.05) is 0 Å². The van der Waals surface area contributed by atoms with Crippen LogP contribution in [0.25, 0.3) is 5.76 Å². The van der Waals surface area contributed by atoms with Crippen LogP contribution < -0.4 is 9.62 Å². The summed E-state index contributed by atoms with van der Waals surface area (Å²) in [5.41, 5.74) is 0.428. The largest absolute Gasteiger partial charge is 0.506 e. The van der Waals surface area contributed by atoms with Gasteiger partial charge in [0.2, 0.25) is 0 Å². The number of rotatable bonds is 3. The van der Waals surface area contributed by atoms with Crippen LogP contribution in [0.1, 0.15) is 5.56 Å². The molecule has 0 spiro atoms. The first-order chi connectivity index (χ1) is 12.2. The third-order valence-electron chi connectivity index (χ3n) is 3.87. The van der Waals surface area contributed by atoms with Gasteiger partial charge < -0.3 is 10.4 Å². The normalized spacial score (nSPS) is 15.3. The first kappa shape index (κ1) is 17.4. The topological polar surface area (TPSA) is 130 Å². The van der Waals surface area contributed by atoms with Gasteiger partial charge in [-0.3, -0.25) is 19.2 Å². The molecule has 134 valence electrons. The molecule has 1 aliphatic heterocycles. The predicted octanol–water partition coefficient (Wildman–Crippen LogP) is 2.24. The standard InChI is InChI=1S/C16H13N3O6S/c1-18-13-5-3-2-4-12(13)14(20)15(26(18,24)25)16(21)17-10-6-8-11(9-7-10)19(22)23/h2-9,20H,1H3,(H,17,21). The lowest BCUT2D eigenvalue weighted by Gasteiger charge is -2.28. The summed E-state index contributed by atoms with van der Waals surface area (Å²) in [5.74, 6) is -1.70. The van der Waals surface area contributed by atoms with E-state index in [9.17, 15) is 28.4 Å². The minimum atomic E-state index is -4.26. The molecule has 26 heavy (non-hydrogen) atoms. The third-order valence-corrected chi connectivity index (χ3v) is 5.69. The Kier molecular flexibility index (Phi) is 4.12. The van der Waals surface area contributed by atoms with Crippen LogP contribution in [0.3, 0.4) is 0 Å². The molecule has 0 atom stereocenters. The summed E-state index contributed by atoms with van der Waals surface area (Å²) in [5, 5.41) is 23.3. The first-order valence-corrected chi connectivity index (χ1v) is 8.75. The molecule has 0 saturated carbocycles. The van der Waals surface area contributed by atoms with E-state index in [1.165, 1.54) is 43.4 Å². The van der Waals surface area contributed by atoms with E-state index in [4.69, 9.17) is 0 Å². The van der Waals surface area contributed by atoms with Gasteiger partial charge in [0.15, 0.2) is 10.7 Å². The fourth-order valence-electron chi connectivity index (χ4n) is 2.54. The van der Waals surface area contributed by atoms with Gasteiger partial charge in [-0.25, -0.2) is 8.42 Å². The Labute approximate surface area is 148 Å². The maximum absolute atomic E-state index is 12.6. The van der Waals surface area contributed by atoms with Crippen molar-refractivity contribution < 1.29 is 23.2 Å². The van der Waals surface area contributed by atoms with E-state index in [-0.39, 0.29) is 22.6 Å². The van der Waals surface area contributed by atoms with Gasteiger partial charge >= 0.3 is 0 Å². The molecule has 0 aliphatic carbocycles. The number of nitro groups is 1. The average Bonchev–Trinajstić information content (AvgIpc) is 2.60. The summed E-state index contributed by atoms with van der Waals surface area (Å²) in [6, 6.07) is 11.1. The van der Waals surface area contributed by atoms with Crippen molar-refractivity contribution in [2.75, 3.05) is 16.7 Å². The van der Waals surface area contributed by atoms with Crippen LogP contribution in [-0.4, -0.2) is 31.4 Å². The molecule has 0 aromatic heterocycles. The molecule has 2 aromatic rings. The molecule has 0 radical (unpaired) electrons. The highest BCUT2D eigenvalue weighted by Crippen LogP contribution is 2.37. The van der Waals surface area contributed by atoms with Crippen LogP contribution in [0, 0.1) is 10.1 Å². The Balaban J connectivity index is 2.01. The molecule has 10 heteroatoms. The van der Waals surface area contributed by atoms with Crippen LogP contribution >= 0.6 is 0 Å². The van der Waals surface area contributed by atoms with Gasteiger partial charge in [0.05, 0.1) is 10.6 Å². The fraction of sp³-hybridized carbons (Fsp3) is 0.0625. The maximum Gasteiger partial charge on any atom is 0.273 e. The molecule has 1 heterocycles. The van der Waals surface area contributed by atoms with Crippen molar-refractivity contribution in [3.63, 3.8) is 0 Å². The lowest BCUT2D eigenvalue weighted by molar-refractivity contribution is -0.384. The Bertz CT molecular complexity index is 1040. The summed E-state index contributed by atoms with van der Waals surface area (Å²) >= 11 is 0. The molecule has 3 rings (SSSR count). The van der Waals surface area contributed by atoms with Crippen LogP contribution in [0.4, 0.5) is 17.1 Å². The van der Waals surface area contributed by atoms with Gasteiger partial charge in [0.25, 0.3) is 21.6 Å². The van der Waals surface area contributed by atoms with E-state index in [1.54, 1.807) is 12.1 Å². The number of nitrogens with one attached hydrogen (secondary N) is 1. The summed E-state index contributed by atoms with van der Waals surface area (Å²) in [6.45, 7) is 0. The molecular weight excluding hydrogens is 362 g/mol. The van der Waals surface area contributed by atoms with Crippen molar-refractivity contribution >= 4 is 38.8 Å². The van der Waals surface area contributed by atoms with Gasteiger partial charge in [-0.15, -0.1) is 0 Å². The van der Waals surface area contributed by atoms with Gasteiger partial charge in [-0.2, -0.15) is 0 Å². The fourth-order valence-corrected chi connectivity index (χ4v) is 3.87. The number of hydrogen-bond donors (Lipinski definition) is 2. The maximum atomic E-state index is 12.6. The van der Waals surface area contributed by atoms with Gasteiger partial charge in [-0.05, 0) is 24.3 Å². The Hall–Kier alpha value is -3.40. The summed E-state index contributed by atoms with van der Waals surface area (Å²) in [4.78, 5) is 21.8. The summed E-state index contributed by atoms with van der Waals surface area (Å²) in [6.07, 6.45) is 0. The zero-order valence-electron chi connectivity index (χ0n) is 13.4. The molecule has 0 saturated heterocycles. The quantitative estimate of drug-likeness (QED) is 0.625. The molecule has 2 aromatic carbocycles. The van der Waals surface area contributed by atoms with Crippen LogP contribution in [-0.2, 0) is 14.8 Å². The number of aliphatic hydroxyl groups excluding tert-OH is 1. The van der Waals surface area contributed by atoms with E-state index in [0.717, 1.165) is 4.31 Å². The van der Waals surface area contributed by atoms with E-state index >= 15 is 0 Å². The number of aliphatic hydroxyl groups is 1. The number of carbonyl (C=O) groups excluding carboxylic acids is 1. The monoisotopic (exact) mass is 375 g/mol. The van der Waals surface area contributed by atoms with Crippen molar-refractivity contribution in [1.82, 2.24) is 0 Å². The van der Waals surface area contributed by atoms with Crippen LogP contribution in [0.15, 0.2) is 53.4 Å². The van der Waals surface area contributed by atoms with Gasteiger partial charge in [0, 0.05) is 30.4 Å². The Morgan fingerprint density at radius 1 is 1.15 bits per heavy atom. The SMILES string of the molecule is CN1c2ccccc2C(O)=C(C(=O)Nc2ccc([N+](=O)[O-])cc2)S1(=O)=O. The number of hydrogen-bond acceptors (Lipinski definition) is 6. The number of nitro benzene ring substituents is 1. The minimum absolute atomic E-state index is 0.151. The molecule has 0 unspecified atom stereocenters. The Morgan fingerprint density at radius 2 is 1.77 bits per heavy atom. The highest BCUT2D eigenvalue weighted by atomic mass is 32.2. The second kappa shape index (κ2) is 6.15. The smallest absolute Gasteiger partial charge is 0.273 e. The van der Waals surface area contributed by atoms with Crippen molar-refractivity contribution in [2.24, 2.45) is 0 Å².